The third-order valence-electron chi connectivity index (χ3n) is 1.99. The first-order valence-electron chi connectivity index (χ1n) is 5.14. The van der Waals surface area contributed by atoms with E-state index in [4.69, 9.17) is 5.73 Å². The Morgan fingerprint density at radius 2 is 1.92 bits per heavy atom. The normalized spacial score (nSPS) is 12.5. The SMILES string of the molecule is CCN(CCCCN)CC(C)(C)O. The summed E-state index contributed by atoms with van der Waals surface area (Å²) < 4.78 is 0. The third kappa shape index (κ3) is 8.22. The van der Waals surface area contributed by atoms with Crippen LogP contribution in [0, 0.1) is 0 Å². The van der Waals surface area contributed by atoms with Crippen LogP contribution < -0.4 is 5.73 Å². The molecule has 0 aromatic rings. The number of unbranched alkanes of at least 4 members (excludes halogenated alkanes) is 1. The van der Waals surface area contributed by atoms with Crippen LogP contribution in [0.25, 0.3) is 0 Å². The average molecular weight is 188 g/mol. The van der Waals surface area contributed by atoms with Crippen molar-refractivity contribution < 1.29 is 5.11 Å². The minimum absolute atomic E-state index is 0.585. The van der Waals surface area contributed by atoms with Crippen molar-refractivity contribution in [2.45, 2.75) is 39.2 Å². The second-order valence-corrected chi connectivity index (χ2v) is 4.18. The Hall–Kier alpha value is -0.120. The smallest absolute Gasteiger partial charge is 0.0718 e. The summed E-state index contributed by atoms with van der Waals surface area (Å²) in [5.74, 6) is 0. The molecule has 0 radical (unpaired) electrons. The summed E-state index contributed by atoms with van der Waals surface area (Å²) in [5, 5.41) is 9.61. The lowest BCUT2D eigenvalue weighted by Crippen LogP contribution is -2.39. The van der Waals surface area contributed by atoms with Crippen molar-refractivity contribution in [1.82, 2.24) is 4.90 Å². The van der Waals surface area contributed by atoms with E-state index in [1.54, 1.807) is 0 Å². The van der Waals surface area contributed by atoms with Crippen molar-refractivity contribution in [1.29, 1.82) is 0 Å². The number of nitrogens with zero attached hydrogens (tertiary/aromatic N) is 1. The molecule has 0 heterocycles. The molecular weight excluding hydrogens is 164 g/mol. The predicted octanol–water partition coefficient (Wildman–Crippen LogP) is 0.818. The molecule has 0 rings (SSSR count). The summed E-state index contributed by atoms with van der Waals surface area (Å²) in [5.41, 5.74) is 4.83. The van der Waals surface area contributed by atoms with Gasteiger partial charge in [-0.15, -0.1) is 0 Å². The number of hydrogen-bond donors (Lipinski definition) is 2. The first-order chi connectivity index (χ1) is 5.99. The molecule has 0 aliphatic rings. The summed E-state index contributed by atoms with van der Waals surface area (Å²) in [6, 6.07) is 0. The molecule has 0 aliphatic carbocycles. The zero-order valence-electron chi connectivity index (χ0n) is 9.21. The number of rotatable bonds is 7. The van der Waals surface area contributed by atoms with Gasteiger partial charge in [0.25, 0.3) is 0 Å². The van der Waals surface area contributed by atoms with Crippen LogP contribution in [0.5, 0.6) is 0 Å². The highest BCUT2D eigenvalue weighted by Crippen LogP contribution is 2.05. The second-order valence-electron chi connectivity index (χ2n) is 4.18. The topological polar surface area (TPSA) is 49.5 Å². The molecule has 0 fully saturated rings. The molecule has 0 bridgehead atoms. The largest absolute Gasteiger partial charge is 0.389 e. The lowest BCUT2D eigenvalue weighted by Gasteiger charge is -2.27. The number of nitrogens with two attached hydrogens (primary N) is 1. The summed E-state index contributed by atoms with van der Waals surface area (Å²) in [6.07, 6.45) is 2.20. The van der Waals surface area contributed by atoms with Crippen molar-refractivity contribution in [2.75, 3.05) is 26.2 Å². The van der Waals surface area contributed by atoms with Crippen LogP contribution in [-0.4, -0.2) is 41.8 Å². The van der Waals surface area contributed by atoms with Crippen LogP contribution in [0.4, 0.5) is 0 Å². The van der Waals surface area contributed by atoms with E-state index in [-0.39, 0.29) is 0 Å². The van der Waals surface area contributed by atoms with Gasteiger partial charge in [-0.3, -0.25) is 0 Å². The molecule has 0 spiro atoms. The lowest BCUT2D eigenvalue weighted by atomic mass is 10.1. The van der Waals surface area contributed by atoms with E-state index in [2.05, 4.69) is 11.8 Å². The Morgan fingerprint density at radius 3 is 2.31 bits per heavy atom. The predicted molar refractivity (Wildman–Crippen MR) is 56.7 cm³/mol. The van der Waals surface area contributed by atoms with E-state index >= 15 is 0 Å². The van der Waals surface area contributed by atoms with Gasteiger partial charge in [0.2, 0.25) is 0 Å². The molecule has 3 N–H and O–H groups in total. The highest BCUT2D eigenvalue weighted by Gasteiger charge is 2.16. The standard InChI is InChI=1S/C10H24N2O/c1-4-12(8-6-5-7-11)9-10(2,3)13/h13H,4-9,11H2,1-3H3. The van der Waals surface area contributed by atoms with E-state index in [0.29, 0.717) is 0 Å². The van der Waals surface area contributed by atoms with Crippen LogP contribution in [-0.2, 0) is 0 Å². The molecule has 0 atom stereocenters. The van der Waals surface area contributed by atoms with Gasteiger partial charge in [0.05, 0.1) is 5.60 Å². The maximum absolute atomic E-state index is 9.61. The van der Waals surface area contributed by atoms with Crippen LogP contribution in [0.1, 0.15) is 33.6 Å². The van der Waals surface area contributed by atoms with E-state index in [1.165, 1.54) is 0 Å². The molecule has 0 saturated carbocycles. The molecule has 3 heteroatoms. The van der Waals surface area contributed by atoms with E-state index < -0.39 is 5.60 Å². The number of aliphatic hydroxyl groups is 1. The maximum Gasteiger partial charge on any atom is 0.0718 e. The van der Waals surface area contributed by atoms with Crippen molar-refractivity contribution in [3.63, 3.8) is 0 Å². The first kappa shape index (κ1) is 12.9. The third-order valence-corrected chi connectivity index (χ3v) is 1.99. The summed E-state index contributed by atoms with van der Waals surface area (Å²) in [6.45, 7) is 9.35. The fraction of sp³-hybridized carbons (Fsp3) is 1.00. The fourth-order valence-electron chi connectivity index (χ4n) is 1.38. The Balaban J connectivity index is 3.63. The van der Waals surface area contributed by atoms with Gasteiger partial charge in [0.15, 0.2) is 0 Å². The van der Waals surface area contributed by atoms with Crippen LogP contribution in [0.2, 0.25) is 0 Å². The average Bonchev–Trinajstić information content (AvgIpc) is 2.01. The molecule has 0 aromatic heterocycles. The molecule has 0 unspecified atom stereocenters. The minimum Gasteiger partial charge on any atom is -0.389 e. The highest BCUT2D eigenvalue weighted by atomic mass is 16.3. The Labute approximate surface area is 81.9 Å². The van der Waals surface area contributed by atoms with Gasteiger partial charge in [-0.1, -0.05) is 6.92 Å². The van der Waals surface area contributed by atoms with Gasteiger partial charge in [0.1, 0.15) is 0 Å². The lowest BCUT2D eigenvalue weighted by molar-refractivity contribution is 0.0374. The summed E-state index contributed by atoms with van der Waals surface area (Å²) >= 11 is 0. The molecule has 0 aromatic carbocycles. The highest BCUT2D eigenvalue weighted by molar-refractivity contribution is 4.71. The van der Waals surface area contributed by atoms with Crippen molar-refractivity contribution >= 4 is 0 Å². The molecular formula is C10H24N2O. The van der Waals surface area contributed by atoms with Crippen molar-refractivity contribution in [2.24, 2.45) is 5.73 Å². The van der Waals surface area contributed by atoms with Gasteiger partial charge in [0, 0.05) is 6.54 Å². The van der Waals surface area contributed by atoms with Gasteiger partial charge < -0.3 is 15.7 Å². The van der Waals surface area contributed by atoms with Gasteiger partial charge in [-0.2, -0.15) is 0 Å². The molecule has 0 aliphatic heterocycles. The van der Waals surface area contributed by atoms with Crippen molar-refractivity contribution in [3.8, 4) is 0 Å². The molecule has 80 valence electrons. The van der Waals surface area contributed by atoms with Crippen LogP contribution >= 0.6 is 0 Å². The fourth-order valence-corrected chi connectivity index (χ4v) is 1.38. The monoisotopic (exact) mass is 188 g/mol. The van der Waals surface area contributed by atoms with E-state index in [0.717, 1.165) is 39.0 Å². The van der Waals surface area contributed by atoms with Crippen LogP contribution in [0.3, 0.4) is 0 Å². The summed E-state index contributed by atoms with van der Waals surface area (Å²) in [4.78, 5) is 2.26. The van der Waals surface area contributed by atoms with Crippen LogP contribution in [0.15, 0.2) is 0 Å². The minimum atomic E-state index is -0.585. The second kappa shape index (κ2) is 6.35. The summed E-state index contributed by atoms with van der Waals surface area (Å²) in [7, 11) is 0. The van der Waals surface area contributed by atoms with E-state index in [9.17, 15) is 5.11 Å². The number of likely N-dealkylation sites (N-methyl/N-ethyl adjacent to an activating group) is 1. The zero-order valence-corrected chi connectivity index (χ0v) is 9.21. The van der Waals surface area contributed by atoms with Gasteiger partial charge in [-0.05, 0) is 46.3 Å². The maximum atomic E-state index is 9.61. The van der Waals surface area contributed by atoms with Gasteiger partial charge >= 0.3 is 0 Å². The molecule has 3 nitrogen and oxygen atoms in total. The quantitative estimate of drug-likeness (QED) is 0.582. The Kier molecular flexibility index (Phi) is 6.29. The Bertz CT molecular complexity index is 121. The molecule has 0 amide bonds. The Morgan fingerprint density at radius 1 is 1.31 bits per heavy atom. The zero-order chi connectivity index (χ0) is 10.3. The molecule has 0 saturated heterocycles. The number of hydrogen-bond acceptors (Lipinski definition) is 3. The van der Waals surface area contributed by atoms with E-state index in [1.807, 2.05) is 13.8 Å². The van der Waals surface area contributed by atoms with Crippen molar-refractivity contribution in [3.05, 3.63) is 0 Å². The first-order valence-corrected chi connectivity index (χ1v) is 5.14. The molecule has 13 heavy (non-hydrogen) atoms. The van der Waals surface area contributed by atoms with Gasteiger partial charge in [-0.25, -0.2) is 0 Å².